The number of carbonyl (C=O) groups is 2. The highest BCUT2D eigenvalue weighted by Crippen LogP contribution is 2.30. The molecule has 2 aliphatic rings. The first-order chi connectivity index (χ1) is 17.4. The Hall–Kier alpha value is -2.97. The van der Waals surface area contributed by atoms with Gasteiger partial charge in [0.2, 0.25) is 5.91 Å². The van der Waals surface area contributed by atoms with Crippen LogP contribution in [0.3, 0.4) is 0 Å². The van der Waals surface area contributed by atoms with Gasteiger partial charge in [0.1, 0.15) is 12.4 Å². The van der Waals surface area contributed by atoms with Crippen molar-refractivity contribution in [1.29, 1.82) is 0 Å². The van der Waals surface area contributed by atoms with Crippen LogP contribution in [-0.4, -0.2) is 72.6 Å². The van der Waals surface area contributed by atoms with Crippen LogP contribution in [0.5, 0.6) is 5.75 Å². The van der Waals surface area contributed by atoms with E-state index in [9.17, 15) is 9.59 Å². The van der Waals surface area contributed by atoms with Crippen LogP contribution in [-0.2, 0) is 16.1 Å². The van der Waals surface area contributed by atoms with Crippen molar-refractivity contribution in [2.45, 2.75) is 51.8 Å². The molecule has 4 rings (SSSR count). The second-order valence-electron chi connectivity index (χ2n) is 10.2. The summed E-state index contributed by atoms with van der Waals surface area (Å²) in [4.78, 5) is 34.2. The molecule has 0 bridgehead atoms. The Morgan fingerprint density at radius 2 is 2.03 bits per heavy atom. The molecule has 1 N–H and O–H groups in total. The summed E-state index contributed by atoms with van der Waals surface area (Å²) >= 11 is 0. The second kappa shape index (κ2) is 11.8. The van der Waals surface area contributed by atoms with Crippen molar-refractivity contribution in [2.24, 2.45) is 11.8 Å². The Morgan fingerprint density at radius 3 is 2.69 bits per heavy atom. The number of nitrogens with one attached hydrogen (secondary N) is 1. The molecule has 1 aliphatic heterocycles. The molecule has 1 aliphatic carbocycles. The van der Waals surface area contributed by atoms with Gasteiger partial charge in [0.05, 0.1) is 11.7 Å². The molecule has 0 unspecified atom stereocenters. The van der Waals surface area contributed by atoms with Crippen molar-refractivity contribution in [3.05, 3.63) is 53.9 Å². The van der Waals surface area contributed by atoms with Gasteiger partial charge in [0, 0.05) is 69.9 Å². The summed E-state index contributed by atoms with van der Waals surface area (Å²) in [6.07, 6.45) is 6.51. The van der Waals surface area contributed by atoms with E-state index in [4.69, 9.17) is 9.47 Å². The lowest BCUT2D eigenvalue weighted by Crippen LogP contribution is -2.46. The number of nitrogens with zero attached hydrogens (tertiary/aromatic N) is 3. The van der Waals surface area contributed by atoms with Crippen molar-refractivity contribution in [2.75, 3.05) is 39.2 Å². The predicted octanol–water partition coefficient (Wildman–Crippen LogP) is 3.83. The number of rotatable bonds is 5. The van der Waals surface area contributed by atoms with Gasteiger partial charge in [0.15, 0.2) is 0 Å². The second-order valence-corrected chi connectivity index (χ2v) is 10.2. The van der Waals surface area contributed by atoms with Gasteiger partial charge in [-0.1, -0.05) is 19.4 Å². The van der Waals surface area contributed by atoms with E-state index in [0.29, 0.717) is 30.2 Å². The largest absolute Gasteiger partial charge is 0.491 e. The summed E-state index contributed by atoms with van der Waals surface area (Å²) in [5, 5.41) is 3.00. The minimum atomic E-state index is -0.128. The highest BCUT2D eigenvalue weighted by atomic mass is 16.5. The Morgan fingerprint density at radius 1 is 1.22 bits per heavy atom. The number of anilines is 1. The van der Waals surface area contributed by atoms with Crippen LogP contribution in [0.2, 0.25) is 0 Å². The Kier molecular flexibility index (Phi) is 8.59. The van der Waals surface area contributed by atoms with Gasteiger partial charge >= 0.3 is 0 Å². The van der Waals surface area contributed by atoms with Crippen LogP contribution in [0.25, 0.3) is 0 Å². The van der Waals surface area contributed by atoms with Crippen LogP contribution in [0.4, 0.5) is 5.69 Å². The average molecular weight is 495 g/mol. The van der Waals surface area contributed by atoms with E-state index >= 15 is 0 Å². The highest BCUT2D eigenvalue weighted by molar-refractivity contribution is 5.99. The molecular weight excluding hydrogens is 456 g/mol. The minimum absolute atomic E-state index is 0.0331. The standard InChI is InChI=1S/C28H38N4O4/c1-19-15-32(16-21-7-6-12-29-14-21)20(2)18-36-25-13-23(30-27(33)22-8-5-9-22)10-11-24(25)28(34)31(3)17-26(19)35-4/h6-7,10-14,19-20,22,26H,5,8-9,15-18H2,1-4H3,(H,30,33)/t19-,20-,26+/m0/s1. The van der Waals surface area contributed by atoms with Crippen molar-refractivity contribution in [1.82, 2.24) is 14.8 Å². The lowest BCUT2D eigenvalue weighted by Gasteiger charge is -2.36. The molecule has 3 atom stereocenters. The number of likely N-dealkylation sites (N-methyl/N-ethyl adjacent to an activating group) is 1. The van der Waals surface area contributed by atoms with E-state index in [-0.39, 0.29) is 35.8 Å². The summed E-state index contributed by atoms with van der Waals surface area (Å²) in [7, 11) is 3.49. The summed E-state index contributed by atoms with van der Waals surface area (Å²) < 4.78 is 12.1. The lowest BCUT2D eigenvalue weighted by atomic mass is 9.85. The third-order valence-electron chi connectivity index (χ3n) is 7.43. The van der Waals surface area contributed by atoms with Crippen molar-refractivity contribution < 1.29 is 19.1 Å². The topological polar surface area (TPSA) is 84.0 Å². The number of benzene rings is 1. The number of hydrogen-bond acceptors (Lipinski definition) is 6. The summed E-state index contributed by atoms with van der Waals surface area (Å²) in [6.45, 7) is 6.67. The fourth-order valence-electron chi connectivity index (χ4n) is 4.79. The molecular formula is C28H38N4O4. The van der Waals surface area contributed by atoms with Crippen molar-refractivity contribution in [3.8, 4) is 5.75 Å². The zero-order chi connectivity index (χ0) is 25.7. The minimum Gasteiger partial charge on any atom is -0.491 e. The molecule has 1 aromatic heterocycles. The Bertz CT molecular complexity index is 1040. The molecule has 8 nitrogen and oxygen atoms in total. The number of methoxy groups -OCH3 is 1. The molecule has 2 heterocycles. The van der Waals surface area contributed by atoms with Gasteiger partial charge in [-0.25, -0.2) is 0 Å². The van der Waals surface area contributed by atoms with E-state index in [1.807, 2.05) is 12.3 Å². The number of aromatic nitrogens is 1. The van der Waals surface area contributed by atoms with Gasteiger partial charge in [0.25, 0.3) is 5.91 Å². The number of amides is 2. The van der Waals surface area contributed by atoms with Gasteiger partial charge in [-0.05, 0) is 49.4 Å². The van der Waals surface area contributed by atoms with Crippen LogP contribution >= 0.6 is 0 Å². The van der Waals surface area contributed by atoms with Crippen LogP contribution in [0.15, 0.2) is 42.7 Å². The molecule has 8 heteroatoms. The van der Waals surface area contributed by atoms with Gasteiger partial charge in [-0.15, -0.1) is 0 Å². The summed E-state index contributed by atoms with van der Waals surface area (Å²) in [5.74, 6) is 0.650. The summed E-state index contributed by atoms with van der Waals surface area (Å²) in [6, 6.07) is 9.40. The molecule has 1 fully saturated rings. The predicted molar refractivity (Wildman–Crippen MR) is 139 cm³/mol. The van der Waals surface area contributed by atoms with E-state index in [0.717, 1.165) is 37.9 Å². The van der Waals surface area contributed by atoms with Crippen LogP contribution in [0.1, 0.15) is 49.0 Å². The number of hydrogen-bond donors (Lipinski definition) is 1. The number of pyridine rings is 1. The molecule has 2 amide bonds. The molecule has 1 saturated carbocycles. The molecule has 36 heavy (non-hydrogen) atoms. The molecule has 2 aromatic rings. The van der Waals surface area contributed by atoms with Crippen molar-refractivity contribution in [3.63, 3.8) is 0 Å². The number of ether oxygens (including phenoxy) is 2. The quantitative estimate of drug-likeness (QED) is 0.680. The maximum Gasteiger partial charge on any atom is 0.257 e. The maximum atomic E-state index is 13.4. The Labute approximate surface area is 214 Å². The molecule has 194 valence electrons. The van der Waals surface area contributed by atoms with Gasteiger partial charge in [-0.3, -0.25) is 19.5 Å². The number of fused-ring (bicyclic) bond motifs is 1. The lowest BCUT2D eigenvalue weighted by molar-refractivity contribution is -0.122. The summed E-state index contributed by atoms with van der Waals surface area (Å²) in [5.41, 5.74) is 2.26. The SMILES string of the molecule is CO[C@@H]1CN(C)C(=O)c2ccc(NC(=O)C3CCC3)cc2OC[C@H](C)N(Cc2cccnc2)C[C@@H]1C. The molecule has 1 aromatic carbocycles. The zero-order valence-corrected chi connectivity index (χ0v) is 21.8. The van der Waals surface area contributed by atoms with Crippen molar-refractivity contribution >= 4 is 17.5 Å². The fourth-order valence-corrected chi connectivity index (χ4v) is 4.79. The van der Waals surface area contributed by atoms with Crippen LogP contribution < -0.4 is 10.1 Å². The smallest absolute Gasteiger partial charge is 0.257 e. The fraction of sp³-hybridized carbons (Fsp3) is 0.536. The van der Waals surface area contributed by atoms with E-state index in [2.05, 4.69) is 35.1 Å². The first-order valence-electron chi connectivity index (χ1n) is 12.8. The van der Waals surface area contributed by atoms with Gasteiger partial charge < -0.3 is 19.7 Å². The molecule has 0 radical (unpaired) electrons. The number of carbonyl (C=O) groups excluding carboxylic acids is 2. The maximum absolute atomic E-state index is 13.4. The normalized spacial score (nSPS) is 24.1. The third kappa shape index (κ3) is 6.23. The molecule has 0 saturated heterocycles. The third-order valence-corrected chi connectivity index (χ3v) is 7.43. The van der Waals surface area contributed by atoms with Gasteiger partial charge in [-0.2, -0.15) is 0 Å². The molecule has 0 spiro atoms. The zero-order valence-electron chi connectivity index (χ0n) is 21.8. The highest BCUT2D eigenvalue weighted by Gasteiger charge is 2.29. The van der Waals surface area contributed by atoms with E-state index in [1.165, 1.54) is 0 Å². The first-order valence-corrected chi connectivity index (χ1v) is 12.8. The monoisotopic (exact) mass is 494 g/mol. The van der Waals surface area contributed by atoms with Crippen LogP contribution in [0, 0.1) is 11.8 Å². The first kappa shape index (κ1) is 26.1. The van der Waals surface area contributed by atoms with E-state index < -0.39 is 0 Å². The Balaban J connectivity index is 1.61. The average Bonchev–Trinajstić information content (AvgIpc) is 2.83. The van der Waals surface area contributed by atoms with E-state index in [1.54, 1.807) is 43.5 Å².